The van der Waals surface area contributed by atoms with Crippen LogP contribution in [0.15, 0.2) is 0 Å². The summed E-state index contributed by atoms with van der Waals surface area (Å²) >= 11 is 0. The van der Waals surface area contributed by atoms with Gasteiger partial charge in [-0.25, -0.2) is 0 Å². The van der Waals surface area contributed by atoms with Crippen molar-refractivity contribution in [2.24, 2.45) is 5.41 Å². The van der Waals surface area contributed by atoms with E-state index in [4.69, 9.17) is 0 Å². The molecule has 0 heterocycles. The number of hydrogen-bond acceptors (Lipinski definition) is 0. The molecule has 3 radical (unpaired) electrons. The molecule has 1 heteroatoms. The Hall–Kier alpha value is 0.0649. The summed E-state index contributed by atoms with van der Waals surface area (Å²) in [6.07, 6.45) is 0. The summed E-state index contributed by atoms with van der Waals surface area (Å²) < 4.78 is 0. The first-order chi connectivity index (χ1) is 7.00. The Morgan fingerprint density at radius 3 is 0.421 bits per heavy atom. The van der Waals surface area contributed by atoms with E-state index in [1.54, 1.807) is 0 Å². The third-order valence-electron chi connectivity index (χ3n) is 0. The van der Waals surface area contributed by atoms with Crippen molar-refractivity contribution in [1.29, 1.82) is 0 Å². The Morgan fingerprint density at radius 1 is 0.421 bits per heavy atom. The molecule has 0 aromatic rings. The molecule has 0 saturated carbocycles. The predicted molar refractivity (Wildman–Crippen MR) is 110 cm³/mol. The standard InChI is InChI=1S/C5H12.5C2H6.3CH4.B.H2/c1-5(2,3)4;5*1-2;;;;;/h1-4H3;5*1-2H3;3*1H4;;1H/i;;;;;;;;;;1+1. The van der Waals surface area contributed by atoms with E-state index in [0.29, 0.717) is 5.41 Å². The zero-order valence-electron chi connectivity index (χ0n) is 15.1. The molecule has 0 rings (SSSR count). The van der Waals surface area contributed by atoms with E-state index in [0.717, 1.165) is 0 Å². The molecule has 0 fully saturated rings. The summed E-state index contributed by atoms with van der Waals surface area (Å²) in [5, 5.41) is 0. The third kappa shape index (κ3) is 1110000. The van der Waals surface area contributed by atoms with E-state index in [1.165, 1.54) is 0 Å². The fourth-order valence-electron chi connectivity index (χ4n) is 0. The van der Waals surface area contributed by atoms with Crippen LogP contribution >= 0.6 is 0 Å². The Bertz CT molecular complexity index is 26.9. The highest BCUT2D eigenvalue weighted by molar-refractivity contribution is 5.75. The summed E-state index contributed by atoms with van der Waals surface area (Å²) in [6.45, 7) is 28.8. The molecule has 0 aliphatic heterocycles. The molecule has 0 aromatic heterocycles. The van der Waals surface area contributed by atoms with Crippen LogP contribution in [0.2, 0.25) is 0 Å². The molecule has 0 aliphatic rings. The highest BCUT2D eigenvalue weighted by Gasteiger charge is 1.95. The fourth-order valence-corrected chi connectivity index (χ4v) is 0. The average molecular weight is 284 g/mol. The Morgan fingerprint density at radius 2 is 0.421 bits per heavy atom. The first-order valence-corrected chi connectivity index (χ1v) is 7.00. The first-order valence-electron chi connectivity index (χ1n) is 7.00. The number of rotatable bonds is 0. The maximum absolute atomic E-state index is 2.19. The highest BCUT2D eigenvalue weighted by atomic mass is 14.0. The van der Waals surface area contributed by atoms with Gasteiger partial charge in [-0.3, -0.25) is 0 Å². The Kier molecular flexibility index (Phi) is 570. The second-order valence-corrected chi connectivity index (χ2v) is 3.00. The minimum Gasteiger partial charge on any atom is -0.0776 e. The molecular formula is C18H56B. The second kappa shape index (κ2) is 143. The minimum atomic E-state index is 0. The van der Waals surface area contributed by atoms with Gasteiger partial charge >= 0.3 is 0 Å². The largest absolute Gasteiger partial charge is 0.0776 e. The van der Waals surface area contributed by atoms with Crippen molar-refractivity contribution in [3.63, 3.8) is 0 Å². The van der Waals surface area contributed by atoms with Gasteiger partial charge in [0, 0.05) is 9.84 Å². The molecule has 0 nitrogen and oxygen atoms in total. The lowest BCUT2D eigenvalue weighted by atomic mass is 10.0. The molecule has 0 atom stereocenters. The third-order valence-corrected chi connectivity index (χ3v) is 0. The van der Waals surface area contributed by atoms with Crippen LogP contribution in [0, 0.1) is 5.41 Å². The molecule has 0 unspecified atom stereocenters. The summed E-state index contributed by atoms with van der Waals surface area (Å²) in [5.74, 6) is 0. The number of hydrogen-bond donors (Lipinski definition) is 0. The monoisotopic (exact) mass is 284 g/mol. The van der Waals surface area contributed by atoms with Crippen molar-refractivity contribution in [2.45, 2.75) is 119 Å². The first kappa shape index (κ1) is 75.7. The lowest BCUT2D eigenvalue weighted by Crippen LogP contribution is -1.93. The normalized spacial score (nSPS) is 4.74. The van der Waals surface area contributed by atoms with Crippen LogP contribution in [0.25, 0.3) is 0 Å². The Labute approximate surface area is 135 Å². The topological polar surface area (TPSA) is 0 Å². The summed E-state index contributed by atoms with van der Waals surface area (Å²) in [7, 11) is 0. The van der Waals surface area contributed by atoms with Crippen molar-refractivity contribution in [3.05, 3.63) is 0 Å². The molecule has 0 spiro atoms. The van der Waals surface area contributed by atoms with E-state index in [-0.39, 0.29) is 32.1 Å². The lowest BCUT2D eigenvalue weighted by molar-refractivity contribution is 0.469. The molecule has 0 saturated heterocycles. The smallest absolute Gasteiger partial charge is 0 e. The van der Waals surface area contributed by atoms with Gasteiger partial charge in [0.1, 0.15) is 0 Å². The van der Waals surface area contributed by atoms with E-state index in [1.807, 2.05) is 69.2 Å². The summed E-state index contributed by atoms with van der Waals surface area (Å²) in [6, 6.07) is 0. The van der Waals surface area contributed by atoms with Crippen LogP contribution in [0.4, 0.5) is 0 Å². The van der Waals surface area contributed by atoms with E-state index in [2.05, 4.69) is 27.7 Å². The second-order valence-electron chi connectivity index (χ2n) is 3.00. The zero-order valence-corrected chi connectivity index (χ0v) is 15.1. The molecule has 0 aromatic carbocycles. The molecule has 19 heavy (non-hydrogen) atoms. The van der Waals surface area contributed by atoms with Crippen molar-refractivity contribution in [1.82, 2.24) is 0 Å². The van der Waals surface area contributed by atoms with E-state index in [9.17, 15) is 0 Å². The lowest BCUT2D eigenvalue weighted by Gasteiger charge is -2.05. The highest BCUT2D eigenvalue weighted by Crippen LogP contribution is 2.07. The summed E-state index contributed by atoms with van der Waals surface area (Å²) in [4.78, 5) is 0. The van der Waals surface area contributed by atoms with E-state index < -0.39 is 0 Å². The van der Waals surface area contributed by atoms with Gasteiger partial charge in [0.15, 0.2) is 0 Å². The van der Waals surface area contributed by atoms with Gasteiger partial charge in [0.2, 0.25) is 0 Å². The molecule has 131 valence electrons. The van der Waals surface area contributed by atoms with Crippen molar-refractivity contribution >= 4 is 8.41 Å². The van der Waals surface area contributed by atoms with Crippen molar-refractivity contribution < 1.29 is 1.43 Å². The predicted octanol–water partition coefficient (Wildman–Crippen LogP) is 8.96. The summed E-state index contributed by atoms with van der Waals surface area (Å²) in [5.41, 5.74) is 0.500. The van der Waals surface area contributed by atoms with Gasteiger partial charge in [-0.2, -0.15) is 0 Å². The van der Waals surface area contributed by atoms with Gasteiger partial charge in [0.25, 0.3) is 0 Å². The van der Waals surface area contributed by atoms with Crippen LogP contribution in [-0.2, 0) is 0 Å². The van der Waals surface area contributed by atoms with Gasteiger partial charge in [-0.1, -0.05) is 119 Å². The van der Waals surface area contributed by atoms with Crippen LogP contribution in [0.5, 0.6) is 0 Å². The van der Waals surface area contributed by atoms with Gasteiger partial charge in [0.05, 0.1) is 0 Å². The van der Waals surface area contributed by atoms with Crippen LogP contribution < -0.4 is 0 Å². The SMILES string of the molecule is C.C.C.CC.CC.CC.CC.CC.CC(C)(C)C.[2HH].[B]. The maximum atomic E-state index is 2.19. The molecule has 0 bridgehead atoms. The van der Waals surface area contributed by atoms with Crippen LogP contribution in [0.1, 0.15) is 121 Å². The van der Waals surface area contributed by atoms with E-state index >= 15 is 0 Å². The molecular weight excluding hydrogens is 227 g/mol. The maximum Gasteiger partial charge on any atom is 0 e. The minimum absolute atomic E-state index is 0. The fraction of sp³-hybridized carbons (Fsp3) is 1.00. The quantitative estimate of drug-likeness (QED) is 0.389. The van der Waals surface area contributed by atoms with Crippen molar-refractivity contribution in [3.8, 4) is 0 Å². The van der Waals surface area contributed by atoms with Crippen molar-refractivity contribution in [2.75, 3.05) is 0 Å². The van der Waals surface area contributed by atoms with Gasteiger partial charge < -0.3 is 0 Å². The van der Waals surface area contributed by atoms with Gasteiger partial charge in [-0.15, -0.1) is 0 Å². The zero-order chi connectivity index (χ0) is 14.5. The Balaban J connectivity index is -0.00000000544. The van der Waals surface area contributed by atoms with Crippen LogP contribution in [-0.4, -0.2) is 8.41 Å². The van der Waals surface area contributed by atoms with Crippen LogP contribution in [0.3, 0.4) is 0 Å². The van der Waals surface area contributed by atoms with Gasteiger partial charge in [-0.05, 0) is 5.41 Å². The molecule has 0 N–H and O–H groups in total. The molecule has 0 aliphatic carbocycles. The molecule has 0 amide bonds. The average Bonchev–Trinajstić information content (AvgIpc) is 2.29.